The summed E-state index contributed by atoms with van der Waals surface area (Å²) in [6, 6.07) is 23.0. The Kier molecular flexibility index (Phi) is 4.19. The zero-order valence-corrected chi connectivity index (χ0v) is 14.0. The Morgan fingerprint density at radius 1 is 0.962 bits per heavy atom. The van der Waals surface area contributed by atoms with Gasteiger partial charge in [-0.25, -0.2) is 0 Å². The Balaban J connectivity index is 1.94. The number of hydrogen-bond acceptors (Lipinski definition) is 4. The average molecular weight is 343 g/mol. The highest BCUT2D eigenvalue weighted by Gasteiger charge is 2.34. The Morgan fingerprint density at radius 2 is 1.65 bits per heavy atom. The van der Waals surface area contributed by atoms with Crippen LogP contribution >= 0.6 is 0 Å². The average Bonchev–Trinajstić information content (AvgIpc) is 2.68. The second kappa shape index (κ2) is 6.80. The van der Waals surface area contributed by atoms with Crippen molar-refractivity contribution < 1.29 is 4.92 Å². The highest BCUT2D eigenvalue weighted by molar-refractivity contribution is 5.93. The third-order valence-electron chi connectivity index (χ3n) is 4.50. The molecule has 0 radical (unpaired) electrons. The van der Waals surface area contributed by atoms with E-state index in [2.05, 4.69) is 4.98 Å². The molecule has 0 spiro atoms. The Bertz CT molecular complexity index is 955. The van der Waals surface area contributed by atoms with Crippen LogP contribution in [0.5, 0.6) is 0 Å². The standard InChI is InChI=1S/C21H17N3O2/c25-23(26)15-21-18-12-7-13-22-19(18)14-20(16-8-3-1-4-9-16)24(21)17-10-5-2-6-11-17/h1-14,21H,15H2. The predicted molar refractivity (Wildman–Crippen MR) is 102 cm³/mol. The molecule has 1 atom stereocenters. The first kappa shape index (κ1) is 16.0. The molecule has 4 rings (SSSR count). The van der Waals surface area contributed by atoms with Crippen molar-refractivity contribution >= 4 is 17.5 Å². The number of anilines is 1. The minimum atomic E-state index is -0.420. The molecule has 1 aliphatic rings. The second-order valence-electron chi connectivity index (χ2n) is 6.11. The number of rotatable bonds is 4. The van der Waals surface area contributed by atoms with E-state index in [1.807, 2.05) is 83.8 Å². The van der Waals surface area contributed by atoms with Crippen molar-refractivity contribution in [3.8, 4) is 0 Å². The molecule has 2 heterocycles. The van der Waals surface area contributed by atoms with Crippen molar-refractivity contribution in [2.45, 2.75) is 6.04 Å². The van der Waals surface area contributed by atoms with Crippen molar-refractivity contribution in [1.29, 1.82) is 0 Å². The smallest absolute Gasteiger partial charge is 0.228 e. The van der Waals surface area contributed by atoms with Gasteiger partial charge in [-0.15, -0.1) is 0 Å². The Hall–Kier alpha value is -3.47. The first-order valence-electron chi connectivity index (χ1n) is 8.42. The molecule has 0 aliphatic carbocycles. The van der Waals surface area contributed by atoms with Crippen molar-refractivity contribution in [2.24, 2.45) is 0 Å². The van der Waals surface area contributed by atoms with Crippen LogP contribution in [0.4, 0.5) is 5.69 Å². The first-order valence-corrected chi connectivity index (χ1v) is 8.42. The van der Waals surface area contributed by atoms with E-state index in [4.69, 9.17) is 0 Å². The summed E-state index contributed by atoms with van der Waals surface area (Å²) in [7, 11) is 0. The van der Waals surface area contributed by atoms with Crippen LogP contribution in [0, 0.1) is 10.1 Å². The van der Waals surface area contributed by atoms with Gasteiger partial charge in [0.15, 0.2) is 0 Å². The predicted octanol–water partition coefficient (Wildman–Crippen LogP) is 4.42. The molecule has 0 N–H and O–H groups in total. The first-order chi connectivity index (χ1) is 12.7. The SMILES string of the molecule is O=[N+]([O-])CC1c2cccnc2C=C(c2ccccc2)N1c1ccccc1. The fourth-order valence-electron chi connectivity index (χ4n) is 3.40. The molecule has 3 aromatic rings. The highest BCUT2D eigenvalue weighted by atomic mass is 16.6. The largest absolute Gasteiger partial charge is 0.327 e. The fourth-order valence-corrected chi connectivity index (χ4v) is 3.40. The number of benzene rings is 2. The molecule has 5 nitrogen and oxygen atoms in total. The van der Waals surface area contributed by atoms with Crippen LogP contribution in [0.1, 0.15) is 22.9 Å². The molecule has 1 aromatic heterocycles. The van der Waals surface area contributed by atoms with Crippen molar-refractivity contribution in [1.82, 2.24) is 4.98 Å². The summed E-state index contributed by atoms with van der Waals surface area (Å²) < 4.78 is 0. The molecule has 1 unspecified atom stereocenters. The van der Waals surface area contributed by atoms with Crippen LogP contribution in [0.3, 0.4) is 0 Å². The van der Waals surface area contributed by atoms with Crippen LogP contribution < -0.4 is 4.90 Å². The van der Waals surface area contributed by atoms with Crippen LogP contribution in [-0.4, -0.2) is 16.5 Å². The molecule has 0 bridgehead atoms. The number of pyridine rings is 1. The van der Waals surface area contributed by atoms with Crippen molar-refractivity contribution in [3.05, 3.63) is 106 Å². The zero-order chi connectivity index (χ0) is 17.9. The van der Waals surface area contributed by atoms with E-state index in [1.54, 1.807) is 6.20 Å². The summed E-state index contributed by atoms with van der Waals surface area (Å²) in [5.74, 6) is 0. The van der Waals surface area contributed by atoms with Crippen LogP contribution in [-0.2, 0) is 0 Å². The third kappa shape index (κ3) is 2.95. The molecule has 5 heteroatoms. The Morgan fingerprint density at radius 3 is 2.35 bits per heavy atom. The van der Waals surface area contributed by atoms with Crippen LogP contribution in [0.2, 0.25) is 0 Å². The van der Waals surface area contributed by atoms with E-state index >= 15 is 0 Å². The van der Waals surface area contributed by atoms with E-state index in [9.17, 15) is 10.1 Å². The minimum absolute atomic E-state index is 0.197. The Labute approximate surface area is 151 Å². The molecule has 2 aromatic carbocycles. The van der Waals surface area contributed by atoms with E-state index < -0.39 is 6.04 Å². The van der Waals surface area contributed by atoms with Gasteiger partial charge in [-0.3, -0.25) is 15.1 Å². The lowest BCUT2D eigenvalue weighted by Crippen LogP contribution is -2.35. The van der Waals surface area contributed by atoms with Gasteiger partial charge in [0.25, 0.3) is 0 Å². The van der Waals surface area contributed by atoms with Gasteiger partial charge in [0.1, 0.15) is 6.04 Å². The quantitative estimate of drug-likeness (QED) is 0.520. The van der Waals surface area contributed by atoms with Gasteiger partial charge in [-0.05, 0) is 29.8 Å². The van der Waals surface area contributed by atoms with E-state index in [1.165, 1.54) is 0 Å². The van der Waals surface area contributed by atoms with Gasteiger partial charge < -0.3 is 4.90 Å². The summed E-state index contributed by atoms with van der Waals surface area (Å²) >= 11 is 0. The molecule has 0 fully saturated rings. The molecular weight excluding hydrogens is 326 g/mol. The minimum Gasteiger partial charge on any atom is -0.327 e. The highest BCUT2D eigenvalue weighted by Crippen LogP contribution is 2.41. The number of para-hydroxylation sites is 1. The molecule has 0 saturated heterocycles. The number of fused-ring (bicyclic) bond motifs is 1. The number of hydrogen-bond donors (Lipinski definition) is 0. The van der Waals surface area contributed by atoms with Gasteiger partial charge >= 0.3 is 0 Å². The van der Waals surface area contributed by atoms with E-state index in [-0.39, 0.29) is 11.5 Å². The molecule has 0 amide bonds. The zero-order valence-electron chi connectivity index (χ0n) is 14.0. The lowest BCUT2D eigenvalue weighted by atomic mass is 9.94. The van der Waals surface area contributed by atoms with Gasteiger partial charge in [0.2, 0.25) is 6.54 Å². The maximum atomic E-state index is 11.4. The maximum Gasteiger partial charge on any atom is 0.228 e. The topological polar surface area (TPSA) is 59.3 Å². The van der Waals surface area contributed by atoms with E-state index in [0.717, 1.165) is 28.2 Å². The van der Waals surface area contributed by atoms with Crippen LogP contribution in [0.15, 0.2) is 79.0 Å². The summed E-state index contributed by atoms with van der Waals surface area (Å²) in [6.45, 7) is -0.197. The third-order valence-corrected chi connectivity index (χ3v) is 4.50. The van der Waals surface area contributed by atoms with Crippen LogP contribution in [0.25, 0.3) is 11.8 Å². The normalized spacial score (nSPS) is 15.9. The van der Waals surface area contributed by atoms with Gasteiger partial charge in [0, 0.05) is 22.4 Å². The molecule has 0 saturated carbocycles. The number of nitrogens with zero attached hydrogens (tertiary/aromatic N) is 3. The fraction of sp³-hybridized carbons (Fsp3) is 0.0952. The van der Waals surface area contributed by atoms with Gasteiger partial charge in [-0.1, -0.05) is 54.6 Å². The maximum absolute atomic E-state index is 11.4. The summed E-state index contributed by atoms with van der Waals surface area (Å²) in [5, 5.41) is 11.4. The lowest BCUT2D eigenvalue weighted by Gasteiger charge is -2.37. The molecule has 26 heavy (non-hydrogen) atoms. The number of nitro groups is 1. The lowest BCUT2D eigenvalue weighted by molar-refractivity contribution is -0.483. The summed E-state index contributed by atoms with van der Waals surface area (Å²) in [4.78, 5) is 17.7. The molecule has 128 valence electrons. The molecular formula is C21H17N3O2. The van der Waals surface area contributed by atoms with Gasteiger partial charge in [-0.2, -0.15) is 0 Å². The second-order valence-corrected chi connectivity index (χ2v) is 6.11. The molecule has 1 aliphatic heterocycles. The van der Waals surface area contributed by atoms with Crippen molar-refractivity contribution in [2.75, 3.05) is 11.4 Å². The monoisotopic (exact) mass is 343 g/mol. The van der Waals surface area contributed by atoms with Gasteiger partial charge in [0.05, 0.1) is 11.4 Å². The van der Waals surface area contributed by atoms with Crippen molar-refractivity contribution in [3.63, 3.8) is 0 Å². The number of aromatic nitrogens is 1. The summed E-state index contributed by atoms with van der Waals surface area (Å²) in [6.07, 6.45) is 3.73. The summed E-state index contributed by atoms with van der Waals surface area (Å²) in [5.41, 5.74) is 4.48. The van der Waals surface area contributed by atoms with E-state index in [0.29, 0.717) is 0 Å².